The molecule has 0 aromatic heterocycles. The first-order chi connectivity index (χ1) is 39.0. The third-order valence-corrected chi connectivity index (χ3v) is 13.3. The molecule has 0 bridgehead atoms. The summed E-state index contributed by atoms with van der Waals surface area (Å²) in [6, 6.07) is 0. The van der Waals surface area contributed by atoms with Gasteiger partial charge in [-0.1, -0.05) is 269 Å². The Labute approximate surface area is 487 Å². The van der Waals surface area contributed by atoms with E-state index in [0.29, 0.717) is 19.3 Å². The number of hydrogen-bond acceptors (Lipinski definition) is 6. The predicted octanol–water partition coefficient (Wildman–Crippen LogP) is 22.3. The zero-order chi connectivity index (χ0) is 57.1. The molecule has 0 aliphatic rings. The lowest BCUT2D eigenvalue weighted by molar-refractivity contribution is -0.167. The van der Waals surface area contributed by atoms with Crippen molar-refractivity contribution in [1.82, 2.24) is 0 Å². The van der Waals surface area contributed by atoms with Gasteiger partial charge in [0.25, 0.3) is 0 Å². The minimum Gasteiger partial charge on any atom is -0.462 e. The highest BCUT2D eigenvalue weighted by atomic mass is 16.6. The van der Waals surface area contributed by atoms with Crippen molar-refractivity contribution >= 4 is 17.9 Å². The Bertz CT molecular complexity index is 1730. The van der Waals surface area contributed by atoms with E-state index in [2.05, 4.69) is 167 Å². The largest absolute Gasteiger partial charge is 0.462 e. The van der Waals surface area contributed by atoms with E-state index in [0.717, 1.165) is 154 Å². The van der Waals surface area contributed by atoms with Gasteiger partial charge in [-0.05, 0) is 135 Å². The van der Waals surface area contributed by atoms with Gasteiger partial charge < -0.3 is 14.2 Å². The van der Waals surface area contributed by atoms with Crippen LogP contribution in [0.1, 0.15) is 278 Å². The third-order valence-electron chi connectivity index (χ3n) is 13.3. The van der Waals surface area contributed by atoms with E-state index in [1.54, 1.807) is 0 Å². The molecule has 1 atom stereocenters. The highest BCUT2D eigenvalue weighted by Crippen LogP contribution is 2.15. The molecule has 0 fully saturated rings. The second-order valence-electron chi connectivity index (χ2n) is 20.9. The molecular formula is C73H118O6. The van der Waals surface area contributed by atoms with Crippen molar-refractivity contribution in [3.8, 4) is 0 Å². The van der Waals surface area contributed by atoms with Gasteiger partial charge in [0.15, 0.2) is 6.10 Å². The Morgan fingerprint density at radius 3 is 0.709 bits per heavy atom. The highest BCUT2D eigenvalue weighted by molar-refractivity contribution is 5.71. The smallest absolute Gasteiger partial charge is 0.306 e. The summed E-state index contributed by atoms with van der Waals surface area (Å²) in [5.74, 6) is -0.921. The van der Waals surface area contributed by atoms with E-state index in [9.17, 15) is 14.4 Å². The van der Waals surface area contributed by atoms with Gasteiger partial charge in [-0.15, -0.1) is 0 Å². The van der Waals surface area contributed by atoms with Crippen molar-refractivity contribution in [1.29, 1.82) is 0 Å². The quantitative estimate of drug-likeness (QED) is 0.0261. The molecule has 1 unspecified atom stereocenters. The fourth-order valence-electron chi connectivity index (χ4n) is 8.59. The Morgan fingerprint density at radius 2 is 0.456 bits per heavy atom. The summed E-state index contributed by atoms with van der Waals surface area (Å²) in [6.07, 6.45) is 94.1. The van der Waals surface area contributed by atoms with E-state index in [-0.39, 0.29) is 31.1 Å². The van der Waals surface area contributed by atoms with Gasteiger partial charge in [-0.25, -0.2) is 0 Å². The fraction of sp³-hybridized carbons (Fsp3) is 0.630. The van der Waals surface area contributed by atoms with Gasteiger partial charge in [-0.3, -0.25) is 14.4 Å². The van der Waals surface area contributed by atoms with Gasteiger partial charge in [0, 0.05) is 19.3 Å². The van der Waals surface area contributed by atoms with Crippen LogP contribution in [0.3, 0.4) is 0 Å². The van der Waals surface area contributed by atoms with Crippen LogP contribution in [-0.4, -0.2) is 37.2 Å². The first kappa shape index (κ1) is 74.3. The number of esters is 3. The molecule has 6 nitrogen and oxygen atoms in total. The summed E-state index contributed by atoms with van der Waals surface area (Å²) in [7, 11) is 0. The Morgan fingerprint density at radius 1 is 0.253 bits per heavy atom. The van der Waals surface area contributed by atoms with Crippen molar-refractivity contribution in [3.05, 3.63) is 146 Å². The summed E-state index contributed by atoms with van der Waals surface area (Å²) in [5, 5.41) is 0. The normalized spacial score (nSPS) is 13.1. The first-order valence-corrected chi connectivity index (χ1v) is 32.3. The standard InChI is InChI=1S/C73H118O6/c1-4-7-10-13-16-19-22-25-28-31-33-35-36-38-39-42-45-48-51-54-57-60-63-66-72(75)78-69-70(68-77-71(74)65-62-59-56-53-50-47-44-41-30-27-24-21-18-15-12-9-6-3)79-73(76)67-64-61-58-55-52-49-46-43-40-37-34-32-29-26-23-20-17-14-11-8-5-2/h7-12,16-21,25-30,33-35,37-39,70H,4-6,13-15,22-24,31-32,36,40-69H2,1-3H3/b10-7-,11-8-,12-9-,19-16-,20-17-,21-18-,28-25-,29-26-,30-27-,35-33-,37-34-,39-38-. The molecule has 0 aromatic rings. The zero-order valence-electron chi connectivity index (χ0n) is 51.1. The third kappa shape index (κ3) is 64.0. The van der Waals surface area contributed by atoms with Gasteiger partial charge in [0.2, 0.25) is 0 Å². The van der Waals surface area contributed by atoms with E-state index >= 15 is 0 Å². The lowest BCUT2D eigenvalue weighted by Crippen LogP contribution is -2.30. The lowest BCUT2D eigenvalue weighted by Gasteiger charge is -2.18. The average molecular weight is 1090 g/mol. The van der Waals surface area contributed by atoms with Crippen LogP contribution in [0.4, 0.5) is 0 Å². The Kier molecular flexibility index (Phi) is 61.9. The minimum absolute atomic E-state index is 0.0950. The maximum absolute atomic E-state index is 12.9. The molecule has 0 aliphatic carbocycles. The molecule has 0 rings (SSSR count). The maximum Gasteiger partial charge on any atom is 0.306 e. The van der Waals surface area contributed by atoms with E-state index in [1.165, 1.54) is 83.5 Å². The number of allylic oxidation sites excluding steroid dienone is 24. The average Bonchev–Trinajstić information content (AvgIpc) is 3.45. The minimum atomic E-state index is -0.800. The topological polar surface area (TPSA) is 78.9 Å². The molecular weight excluding hydrogens is 973 g/mol. The number of unbranched alkanes of at least 4 members (excludes halogenated alkanes) is 22. The predicted molar refractivity (Wildman–Crippen MR) is 343 cm³/mol. The molecule has 0 spiro atoms. The molecule has 0 aliphatic heterocycles. The van der Waals surface area contributed by atoms with E-state index in [1.807, 2.05) is 0 Å². The molecule has 0 aromatic carbocycles. The molecule has 0 saturated carbocycles. The molecule has 446 valence electrons. The molecule has 0 saturated heterocycles. The molecule has 6 heteroatoms. The van der Waals surface area contributed by atoms with Crippen LogP contribution in [0.15, 0.2) is 146 Å². The summed E-state index contributed by atoms with van der Waals surface area (Å²) >= 11 is 0. The molecule has 0 radical (unpaired) electrons. The highest BCUT2D eigenvalue weighted by Gasteiger charge is 2.19. The number of rotatable bonds is 57. The molecule has 0 heterocycles. The van der Waals surface area contributed by atoms with E-state index in [4.69, 9.17) is 14.2 Å². The van der Waals surface area contributed by atoms with Crippen molar-refractivity contribution in [2.75, 3.05) is 13.2 Å². The number of ether oxygens (including phenoxy) is 3. The van der Waals surface area contributed by atoms with Gasteiger partial charge >= 0.3 is 17.9 Å². The number of carbonyl (C=O) groups excluding carboxylic acids is 3. The first-order valence-electron chi connectivity index (χ1n) is 32.3. The van der Waals surface area contributed by atoms with Gasteiger partial charge in [0.05, 0.1) is 0 Å². The second-order valence-corrected chi connectivity index (χ2v) is 20.9. The van der Waals surface area contributed by atoms with Crippen LogP contribution in [0.25, 0.3) is 0 Å². The molecule has 0 N–H and O–H groups in total. The number of hydrogen-bond donors (Lipinski definition) is 0. The van der Waals surface area contributed by atoms with Crippen LogP contribution < -0.4 is 0 Å². The lowest BCUT2D eigenvalue weighted by atomic mass is 10.1. The Balaban J connectivity index is 4.45. The van der Waals surface area contributed by atoms with Crippen molar-refractivity contribution in [3.63, 3.8) is 0 Å². The summed E-state index contributed by atoms with van der Waals surface area (Å²) in [5.41, 5.74) is 0. The Hall–Kier alpha value is -4.71. The number of carbonyl (C=O) groups is 3. The summed E-state index contributed by atoms with van der Waals surface area (Å²) in [6.45, 7) is 6.29. The van der Waals surface area contributed by atoms with Crippen molar-refractivity contribution < 1.29 is 28.6 Å². The van der Waals surface area contributed by atoms with Crippen LogP contribution in [0, 0.1) is 0 Å². The van der Waals surface area contributed by atoms with Gasteiger partial charge in [-0.2, -0.15) is 0 Å². The van der Waals surface area contributed by atoms with Crippen LogP contribution >= 0.6 is 0 Å². The van der Waals surface area contributed by atoms with Crippen LogP contribution in [0.5, 0.6) is 0 Å². The molecule has 0 amide bonds. The van der Waals surface area contributed by atoms with Crippen molar-refractivity contribution in [2.24, 2.45) is 0 Å². The van der Waals surface area contributed by atoms with Crippen LogP contribution in [0.2, 0.25) is 0 Å². The zero-order valence-corrected chi connectivity index (χ0v) is 51.1. The molecule has 79 heavy (non-hydrogen) atoms. The maximum atomic E-state index is 12.9. The van der Waals surface area contributed by atoms with Gasteiger partial charge in [0.1, 0.15) is 13.2 Å². The fourth-order valence-corrected chi connectivity index (χ4v) is 8.59. The van der Waals surface area contributed by atoms with Crippen molar-refractivity contribution in [2.45, 2.75) is 284 Å². The van der Waals surface area contributed by atoms with E-state index < -0.39 is 6.10 Å². The summed E-state index contributed by atoms with van der Waals surface area (Å²) < 4.78 is 16.9. The monoisotopic (exact) mass is 1090 g/mol. The second kappa shape index (κ2) is 65.8. The summed E-state index contributed by atoms with van der Waals surface area (Å²) in [4.78, 5) is 38.4. The van der Waals surface area contributed by atoms with Crippen LogP contribution in [-0.2, 0) is 28.6 Å². The SMILES string of the molecule is CC/C=C\C/C=C\C/C=C\C/C=C\C/C=C\CCCCCCCCCC(=O)OCC(COC(=O)CCCCCCCCC/C=C\C/C=C\C/C=C\CC)OC(=O)CCCCCCCCCC/C=C\C/C=C\C/C=C\C/C=C\CC.